The SMILES string of the molecule is C[C@H](CCNC(=O)c1ccc2c(c1)NC(=O)/C(=C/c1ccccc1Cl)O2)N1CCCC1. The molecular weight excluding hydrogens is 414 g/mol. The third-order valence-corrected chi connectivity index (χ3v) is 6.08. The molecule has 0 bridgehead atoms. The van der Waals surface area contributed by atoms with Gasteiger partial charge in [0.1, 0.15) is 0 Å². The highest BCUT2D eigenvalue weighted by atomic mass is 35.5. The molecule has 2 aromatic rings. The molecule has 0 aromatic heterocycles. The van der Waals surface area contributed by atoms with Gasteiger partial charge in [-0.05, 0) is 75.2 Å². The Balaban J connectivity index is 1.39. The summed E-state index contributed by atoms with van der Waals surface area (Å²) >= 11 is 6.17. The number of nitrogens with one attached hydrogen (secondary N) is 2. The van der Waals surface area contributed by atoms with Crippen LogP contribution in [0.15, 0.2) is 48.2 Å². The Labute approximate surface area is 187 Å². The fraction of sp³-hybridized carbons (Fsp3) is 0.333. The van der Waals surface area contributed by atoms with E-state index in [-0.39, 0.29) is 17.6 Å². The molecule has 0 radical (unpaired) electrons. The van der Waals surface area contributed by atoms with Crippen LogP contribution < -0.4 is 15.4 Å². The molecule has 31 heavy (non-hydrogen) atoms. The van der Waals surface area contributed by atoms with E-state index in [1.165, 1.54) is 12.8 Å². The van der Waals surface area contributed by atoms with Gasteiger partial charge in [-0.1, -0.05) is 29.8 Å². The maximum absolute atomic E-state index is 12.6. The van der Waals surface area contributed by atoms with Crippen LogP contribution in [-0.2, 0) is 4.79 Å². The highest BCUT2D eigenvalue weighted by molar-refractivity contribution is 6.32. The van der Waals surface area contributed by atoms with Crippen LogP contribution in [0.25, 0.3) is 6.08 Å². The van der Waals surface area contributed by atoms with E-state index >= 15 is 0 Å². The van der Waals surface area contributed by atoms with E-state index in [1.807, 2.05) is 12.1 Å². The number of likely N-dealkylation sites (tertiary alicyclic amines) is 1. The third kappa shape index (κ3) is 5.09. The van der Waals surface area contributed by atoms with Crippen LogP contribution in [0.2, 0.25) is 5.02 Å². The van der Waals surface area contributed by atoms with Gasteiger partial charge in [0.05, 0.1) is 5.69 Å². The number of hydrogen-bond donors (Lipinski definition) is 2. The Morgan fingerprint density at radius 3 is 2.81 bits per heavy atom. The summed E-state index contributed by atoms with van der Waals surface area (Å²) in [7, 11) is 0. The van der Waals surface area contributed by atoms with E-state index in [0.717, 1.165) is 19.5 Å². The van der Waals surface area contributed by atoms with Crippen LogP contribution in [0.1, 0.15) is 42.1 Å². The van der Waals surface area contributed by atoms with Crippen molar-refractivity contribution in [3.63, 3.8) is 0 Å². The average Bonchev–Trinajstić information content (AvgIpc) is 3.30. The quantitative estimate of drug-likeness (QED) is 0.658. The number of ether oxygens (including phenoxy) is 1. The summed E-state index contributed by atoms with van der Waals surface area (Å²) in [5, 5.41) is 6.30. The Bertz CT molecular complexity index is 1010. The monoisotopic (exact) mass is 439 g/mol. The highest BCUT2D eigenvalue weighted by Gasteiger charge is 2.24. The van der Waals surface area contributed by atoms with Gasteiger partial charge in [-0.2, -0.15) is 0 Å². The Kier molecular flexibility index (Phi) is 6.59. The number of benzene rings is 2. The molecule has 2 aliphatic rings. The lowest BCUT2D eigenvalue weighted by Gasteiger charge is -2.23. The molecule has 0 unspecified atom stereocenters. The zero-order chi connectivity index (χ0) is 21.8. The van der Waals surface area contributed by atoms with Gasteiger partial charge in [0.2, 0.25) is 0 Å². The van der Waals surface area contributed by atoms with E-state index in [4.69, 9.17) is 16.3 Å². The first kappa shape index (κ1) is 21.4. The first-order valence-corrected chi connectivity index (χ1v) is 11.0. The summed E-state index contributed by atoms with van der Waals surface area (Å²) in [6.45, 7) is 5.11. The number of fused-ring (bicyclic) bond motifs is 1. The number of halogens is 1. The molecule has 1 atom stereocenters. The van der Waals surface area contributed by atoms with E-state index < -0.39 is 0 Å². The van der Waals surface area contributed by atoms with E-state index in [2.05, 4.69) is 22.5 Å². The Morgan fingerprint density at radius 1 is 1.26 bits per heavy atom. The summed E-state index contributed by atoms with van der Waals surface area (Å²) in [6.07, 6.45) is 5.03. The van der Waals surface area contributed by atoms with Crippen molar-refractivity contribution in [3.8, 4) is 5.75 Å². The summed E-state index contributed by atoms with van der Waals surface area (Å²) in [5.74, 6) is 0.0818. The van der Waals surface area contributed by atoms with Crippen LogP contribution in [-0.4, -0.2) is 42.4 Å². The van der Waals surface area contributed by atoms with Gasteiger partial charge in [0.25, 0.3) is 11.8 Å². The summed E-state index contributed by atoms with van der Waals surface area (Å²) < 4.78 is 5.76. The first-order valence-electron chi connectivity index (χ1n) is 10.6. The molecular formula is C24H26ClN3O3. The number of anilines is 1. The molecule has 1 saturated heterocycles. The van der Waals surface area contributed by atoms with Gasteiger partial charge >= 0.3 is 0 Å². The predicted molar refractivity (Wildman–Crippen MR) is 122 cm³/mol. The summed E-state index contributed by atoms with van der Waals surface area (Å²) in [4.78, 5) is 27.5. The zero-order valence-electron chi connectivity index (χ0n) is 17.5. The second kappa shape index (κ2) is 9.54. The van der Waals surface area contributed by atoms with Crippen LogP contribution >= 0.6 is 11.6 Å². The van der Waals surface area contributed by atoms with Gasteiger partial charge in [0.15, 0.2) is 11.5 Å². The van der Waals surface area contributed by atoms with Crippen LogP contribution in [0.3, 0.4) is 0 Å². The molecule has 162 valence electrons. The van der Waals surface area contributed by atoms with Gasteiger partial charge in [-0.15, -0.1) is 0 Å². The smallest absolute Gasteiger partial charge is 0.291 e. The Morgan fingerprint density at radius 2 is 2.03 bits per heavy atom. The minimum absolute atomic E-state index is 0.147. The minimum atomic E-state index is -0.385. The van der Waals surface area contributed by atoms with Gasteiger partial charge in [0, 0.05) is 23.2 Å². The zero-order valence-corrected chi connectivity index (χ0v) is 18.2. The molecule has 2 N–H and O–H groups in total. The molecule has 2 aromatic carbocycles. The van der Waals surface area contributed by atoms with Gasteiger partial charge < -0.3 is 20.3 Å². The van der Waals surface area contributed by atoms with Crippen molar-refractivity contribution in [2.24, 2.45) is 0 Å². The lowest BCUT2D eigenvalue weighted by Crippen LogP contribution is -2.34. The molecule has 7 heteroatoms. The highest BCUT2D eigenvalue weighted by Crippen LogP contribution is 2.33. The average molecular weight is 440 g/mol. The van der Waals surface area contributed by atoms with Crippen molar-refractivity contribution in [1.29, 1.82) is 0 Å². The number of carbonyl (C=O) groups excluding carboxylic acids is 2. The molecule has 2 amide bonds. The second-order valence-electron chi connectivity index (χ2n) is 7.93. The van der Waals surface area contributed by atoms with Crippen LogP contribution in [0.4, 0.5) is 5.69 Å². The third-order valence-electron chi connectivity index (χ3n) is 5.74. The summed E-state index contributed by atoms with van der Waals surface area (Å²) in [6, 6.07) is 12.7. The number of hydrogen-bond acceptors (Lipinski definition) is 4. The second-order valence-corrected chi connectivity index (χ2v) is 8.34. The van der Waals surface area contributed by atoms with Crippen molar-refractivity contribution in [2.75, 3.05) is 25.0 Å². The van der Waals surface area contributed by atoms with Crippen molar-refractivity contribution in [3.05, 3.63) is 64.4 Å². The molecule has 1 fully saturated rings. The van der Waals surface area contributed by atoms with Gasteiger partial charge in [-0.3, -0.25) is 9.59 Å². The molecule has 6 nitrogen and oxygen atoms in total. The molecule has 2 heterocycles. The molecule has 2 aliphatic heterocycles. The van der Waals surface area contributed by atoms with Crippen molar-refractivity contribution in [1.82, 2.24) is 10.2 Å². The summed E-state index contributed by atoms with van der Waals surface area (Å²) in [5.41, 5.74) is 1.64. The van der Waals surface area contributed by atoms with Crippen LogP contribution in [0, 0.1) is 0 Å². The standard InChI is InChI=1S/C24H26ClN3O3/c1-16(28-12-4-5-13-28)10-11-26-23(29)18-8-9-21-20(14-18)27-24(30)22(31-21)15-17-6-2-3-7-19(17)25/h2-3,6-9,14-16H,4-5,10-13H2,1H3,(H,26,29)(H,27,30)/b22-15-/t16-/m1/s1. The minimum Gasteiger partial charge on any atom is -0.449 e. The maximum Gasteiger partial charge on any atom is 0.291 e. The largest absolute Gasteiger partial charge is 0.449 e. The number of nitrogens with zero attached hydrogens (tertiary/aromatic N) is 1. The van der Waals surface area contributed by atoms with E-state index in [9.17, 15) is 9.59 Å². The maximum atomic E-state index is 12.6. The van der Waals surface area contributed by atoms with E-state index in [1.54, 1.807) is 36.4 Å². The molecule has 0 saturated carbocycles. The van der Waals surface area contributed by atoms with E-state index in [0.29, 0.717) is 40.2 Å². The molecule has 4 rings (SSSR count). The lowest BCUT2D eigenvalue weighted by molar-refractivity contribution is -0.115. The number of carbonyl (C=O) groups is 2. The van der Waals surface area contributed by atoms with Crippen molar-refractivity contribution < 1.29 is 14.3 Å². The Hall–Kier alpha value is -2.83. The fourth-order valence-electron chi connectivity index (χ4n) is 3.90. The topological polar surface area (TPSA) is 70.7 Å². The van der Waals surface area contributed by atoms with Gasteiger partial charge in [-0.25, -0.2) is 0 Å². The fourth-order valence-corrected chi connectivity index (χ4v) is 4.09. The van der Waals surface area contributed by atoms with Crippen LogP contribution in [0.5, 0.6) is 5.75 Å². The van der Waals surface area contributed by atoms with Crippen molar-refractivity contribution in [2.45, 2.75) is 32.2 Å². The number of rotatable bonds is 6. The normalized spacial score (nSPS) is 18.3. The lowest BCUT2D eigenvalue weighted by atomic mass is 10.1. The molecule has 0 spiro atoms. The first-order chi connectivity index (χ1) is 15.0. The molecule has 0 aliphatic carbocycles. The number of amides is 2. The predicted octanol–water partition coefficient (Wildman–Crippen LogP) is 4.32. The van der Waals surface area contributed by atoms with Crippen molar-refractivity contribution >= 4 is 35.2 Å².